The Labute approximate surface area is 182 Å². The van der Waals surface area contributed by atoms with Crippen molar-refractivity contribution in [2.75, 3.05) is 32.1 Å². The van der Waals surface area contributed by atoms with Crippen LogP contribution in [0, 0.1) is 0 Å². The molecule has 0 saturated carbocycles. The fourth-order valence-corrected chi connectivity index (χ4v) is 4.86. The largest absolute Gasteiger partial charge is 0.495 e. The molecule has 2 aromatic carbocycles. The van der Waals surface area contributed by atoms with Gasteiger partial charge in [0.1, 0.15) is 11.5 Å². The van der Waals surface area contributed by atoms with Crippen molar-refractivity contribution < 1.29 is 22.7 Å². The third-order valence-corrected chi connectivity index (χ3v) is 6.92. The summed E-state index contributed by atoms with van der Waals surface area (Å²) in [7, 11) is -2.11. The molecule has 1 fully saturated rings. The Morgan fingerprint density at radius 1 is 1.13 bits per heavy atom. The van der Waals surface area contributed by atoms with Gasteiger partial charge in [0.15, 0.2) is 0 Å². The number of anilines is 1. The van der Waals surface area contributed by atoms with Crippen LogP contribution in [0.3, 0.4) is 0 Å². The zero-order chi connectivity index (χ0) is 21.6. The van der Waals surface area contributed by atoms with Crippen molar-refractivity contribution in [3.63, 3.8) is 0 Å². The van der Waals surface area contributed by atoms with Crippen LogP contribution in [0.25, 0.3) is 0 Å². The number of methoxy groups -OCH3 is 1. The van der Waals surface area contributed by atoms with Gasteiger partial charge in [-0.25, -0.2) is 8.42 Å². The molecular formula is C21H25ClN2O5S. The summed E-state index contributed by atoms with van der Waals surface area (Å²) in [6, 6.07) is 11.5. The fraction of sp³-hybridized carbons (Fsp3) is 0.381. The number of carbonyl (C=O) groups excluding carboxylic acids is 1. The number of benzene rings is 2. The number of halogens is 1. The Hall–Kier alpha value is -2.29. The lowest BCUT2D eigenvalue weighted by molar-refractivity contribution is -0.116. The number of nitrogens with one attached hydrogen (secondary N) is 1. The minimum atomic E-state index is -3.58. The van der Waals surface area contributed by atoms with Gasteiger partial charge in [-0.05, 0) is 61.7 Å². The van der Waals surface area contributed by atoms with Crippen molar-refractivity contribution in [3.05, 3.63) is 47.5 Å². The lowest BCUT2D eigenvalue weighted by atomic mass is 10.2. The van der Waals surface area contributed by atoms with Crippen LogP contribution in [0.2, 0.25) is 5.02 Å². The smallest absolute Gasteiger partial charge is 0.243 e. The summed E-state index contributed by atoms with van der Waals surface area (Å²) >= 11 is 5.83. The lowest BCUT2D eigenvalue weighted by Gasteiger charge is -2.17. The lowest BCUT2D eigenvalue weighted by Crippen LogP contribution is -2.28. The van der Waals surface area contributed by atoms with E-state index in [1.807, 2.05) is 0 Å². The van der Waals surface area contributed by atoms with Gasteiger partial charge < -0.3 is 14.8 Å². The number of nitrogens with zero attached hydrogens (tertiary/aromatic N) is 1. The van der Waals surface area contributed by atoms with Crippen molar-refractivity contribution in [1.82, 2.24) is 4.31 Å². The van der Waals surface area contributed by atoms with Crippen molar-refractivity contribution in [2.45, 2.75) is 30.6 Å². The first-order chi connectivity index (χ1) is 14.4. The second kappa shape index (κ2) is 10.1. The van der Waals surface area contributed by atoms with Crippen LogP contribution in [-0.4, -0.2) is 45.4 Å². The molecule has 9 heteroatoms. The van der Waals surface area contributed by atoms with Gasteiger partial charge >= 0.3 is 0 Å². The van der Waals surface area contributed by atoms with E-state index in [0.717, 1.165) is 12.8 Å². The summed E-state index contributed by atoms with van der Waals surface area (Å²) < 4.78 is 37.9. The summed E-state index contributed by atoms with van der Waals surface area (Å²) in [4.78, 5) is 12.5. The van der Waals surface area contributed by atoms with E-state index in [0.29, 0.717) is 48.3 Å². The topological polar surface area (TPSA) is 84.9 Å². The molecular weight excluding hydrogens is 428 g/mol. The van der Waals surface area contributed by atoms with Gasteiger partial charge in [0.2, 0.25) is 15.9 Å². The second-order valence-corrected chi connectivity index (χ2v) is 9.30. The van der Waals surface area contributed by atoms with Gasteiger partial charge in [0, 0.05) is 24.5 Å². The van der Waals surface area contributed by atoms with Crippen molar-refractivity contribution in [3.8, 4) is 11.5 Å². The molecule has 7 nitrogen and oxygen atoms in total. The zero-order valence-corrected chi connectivity index (χ0v) is 18.3. The van der Waals surface area contributed by atoms with E-state index < -0.39 is 10.0 Å². The molecule has 1 aliphatic rings. The summed E-state index contributed by atoms with van der Waals surface area (Å²) in [5.41, 5.74) is 0.335. The molecule has 1 saturated heterocycles. The molecule has 30 heavy (non-hydrogen) atoms. The summed E-state index contributed by atoms with van der Waals surface area (Å²) in [6.45, 7) is 1.41. The van der Waals surface area contributed by atoms with Crippen LogP contribution in [0.15, 0.2) is 47.4 Å². The van der Waals surface area contributed by atoms with Crippen LogP contribution in [-0.2, 0) is 14.8 Å². The Bertz CT molecular complexity index is 973. The second-order valence-electron chi connectivity index (χ2n) is 6.93. The van der Waals surface area contributed by atoms with Crippen LogP contribution in [0.4, 0.5) is 5.69 Å². The number of amides is 1. The van der Waals surface area contributed by atoms with Crippen molar-refractivity contribution in [2.24, 2.45) is 0 Å². The molecule has 0 aliphatic carbocycles. The normalized spacial score (nSPS) is 14.5. The molecule has 1 heterocycles. The first-order valence-electron chi connectivity index (χ1n) is 9.76. The van der Waals surface area contributed by atoms with Crippen LogP contribution in [0.5, 0.6) is 11.5 Å². The van der Waals surface area contributed by atoms with E-state index in [9.17, 15) is 13.2 Å². The van der Waals surface area contributed by atoms with Gasteiger partial charge in [-0.1, -0.05) is 11.6 Å². The summed E-state index contributed by atoms with van der Waals surface area (Å²) in [5, 5.41) is 3.38. The van der Waals surface area contributed by atoms with E-state index in [2.05, 4.69) is 5.32 Å². The summed E-state index contributed by atoms with van der Waals surface area (Å²) in [6.07, 6.45) is 2.44. The standard InChI is InChI=1S/C21H25ClN2O5S/c1-28-20-11-10-18(30(26,27)24-12-2-3-13-24)15-19(20)23-21(25)5-4-14-29-17-8-6-16(22)7-9-17/h6-11,15H,2-5,12-14H2,1H3,(H,23,25). The molecule has 1 aliphatic heterocycles. The predicted octanol–water partition coefficient (Wildman–Crippen LogP) is 3.93. The minimum absolute atomic E-state index is 0.145. The highest BCUT2D eigenvalue weighted by Gasteiger charge is 2.28. The van der Waals surface area contributed by atoms with E-state index in [4.69, 9.17) is 21.1 Å². The molecule has 0 bridgehead atoms. The average Bonchev–Trinajstić information content (AvgIpc) is 3.28. The molecule has 0 spiro atoms. The van der Waals surface area contributed by atoms with Gasteiger partial charge in [0.05, 0.1) is 24.3 Å². The third-order valence-electron chi connectivity index (χ3n) is 4.78. The maximum atomic E-state index is 12.8. The van der Waals surface area contributed by atoms with Crippen LogP contribution >= 0.6 is 11.6 Å². The minimum Gasteiger partial charge on any atom is -0.495 e. The molecule has 162 valence electrons. The molecule has 0 atom stereocenters. The first-order valence-corrected chi connectivity index (χ1v) is 11.6. The number of ether oxygens (including phenoxy) is 2. The van der Waals surface area contributed by atoms with Gasteiger partial charge in [-0.15, -0.1) is 0 Å². The number of rotatable bonds is 9. The molecule has 0 aromatic heterocycles. The molecule has 0 unspecified atom stereocenters. The highest BCUT2D eigenvalue weighted by atomic mass is 35.5. The van der Waals surface area contributed by atoms with E-state index >= 15 is 0 Å². The summed E-state index contributed by atoms with van der Waals surface area (Å²) in [5.74, 6) is 0.839. The van der Waals surface area contributed by atoms with Crippen LogP contribution < -0.4 is 14.8 Å². The fourth-order valence-electron chi connectivity index (χ4n) is 3.19. The Kier molecular flexibility index (Phi) is 7.58. The Morgan fingerprint density at radius 2 is 1.83 bits per heavy atom. The molecule has 2 aromatic rings. The molecule has 1 amide bonds. The molecule has 0 radical (unpaired) electrons. The first kappa shape index (κ1) is 22.4. The van der Waals surface area contributed by atoms with Gasteiger partial charge in [-0.3, -0.25) is 4.79 Å². The quantitative estimate of drug-likeness (QED) is 0.582. The maximum Gasteiger partial charge on any atom is 0.243 e. The van der Waals surface area contributed by atoms with Gasteiger partial charge in [0.25, 0.3) is 0 Å². The number of carbonyl (C=O) groups is 1. The molecule has 1 N–H and O–H groups in total. The van der Waals surface area contributed by atoms with E-state index in [1.165, 1.54) is 23.5 Å². The predicted molar refractivity (Wildman–Crippen MR) is 116 cm³/mol. The number of hydrogen-bond acceptors (Lipinski definition) is 5. The number of hydrogen-bond donors (Lipinski definition) is 1. The maximum absolute atomic E-state index is 12.8. The van der Waals surface area contributed by atoms with Gasteiger partial charge in [-0.2, -0.15) is 4.31 Å². The zero-order valence-electron chi connectivity index (χ0n) is 16.8. The highest BCUT2D eigenvalue weighted by Crippen LogP contribution is 2.30. The van der Waals surface area contributed by atoms with Crippen LogP contribution in [0.1, 0.15) is 25.7 Å². The SMILES string of the molecule is COc1ccc(S(=O)(=O)N2CCCC2)cc1NC(=O)CCCOc1ccc(Cl)cc1. The Balaban J connectivity index is 1.58. The van der Waals surface area contributed by atoms with Crippen molar-refractivity contribution >= 4 is 33.2 Å². The molecule has 3 rings (SSSR count). The Morgan fingerprint density at radius 3 is 2.50 bits per heavy atom. The third kappa shape index (κ3) is 5.65. The van der Waals surface area contributed by atoms with E-state index in [-0.39, 0.29) is 17.2 Å². The van der Waals surface area contributed by atoms with E-state index in [1.54, 1.807) is 30.3 Å². The van der Waals surface area contributed by atoms with Crippen molar-refractivity contribution in [1.29, 1.82) is 0 Å². The number of sulfonamides is 1. The average molecular weight is 453 g/mol. The highest BCUT2D eigenvalue weighted by molar-refractivity contribution is 7.89. The monoisotopic (exact) mass is 452 g/mol.